The molecule has 3 aromatic rings. The molecule has 6 nitrogen and oxygen atoms in total. The molecule has 1 aliphatic rings. The molecule has 0 bridgehead atoms. The summed E-state index contributed by atoms with van der Waals surface area (Å²) in [4.78, 5) is 30.7. The summed E-state index contributed by atoms with van der Waals surface area (Å²) in [6, 6.07) is 2.20. The van der Waals surface area contributed by atoms with E-state index in [9.17, 15) is 14.9 Å². The van der Waals surface area contributed by atoms with Gasteiger partial charge in [-0.1, -0.05) is 0 Å². The van der Waals surface area contributed by atoms with Crippen LogP contribution in [0, 0.1) is 11.3 Å². The Bertz CT molecular complexity index is 1050. The van der Waals surface area contributed by atoms with Gasteiger partial charge in [-0.05, 0) is 31.2 Å². The first-order chi connectivity index (χ1) is 11.7. The second kappa shape index (κ2) is 5.85. The molecule has 120 valence electrons. The smallest absolute Gasteiger partial charge is 0.271 e. The number of rotatable bonds is 2. The number of anilines is 1. The predicted octanol–water partition coefficient (Wildman–Crippen LogP) is 2.82. The lowest BCUT2D eigenvalue weighted by Crippen LogP contribution is -2.25. The second-order valence-corrected chi connectivity index (χ2v) is 7.49. The van der Waals surface area contributed by atoms with Crippen LogP contribution in [0.1, 0.15) is 39.2 Å². The van der Waals surface area contributed by atoms with Gasteiger partial charge in [-0.25, -0.2) is 4.98 Å². The molecule has 0 fully saturated rings. The molecule has 1 aliphatic carbocycles. The van der Waals surface area contributed by atoms with Gasteiger partial charge >= 0.3 is 0 Å². The lowest BCUT2D eigenvalue weighted by Gasteiger charge is -2.09. The first-order valence-corrected chi connectivity index (χ1v) is 9.19. The van der Waals surface area contributed by atoms with Crippen LogP contribution in [0.2, 0.25) is 0 Å². The molecule has 0 radical (unpaired) electrons. The zero-order valence-electron chi connectivity index (χ0n) is 12.5. The Hall–Kier alpha value is -2.50. The van der Waals surface area contributed by atoms with E-state index in [1.165, 1.54) is 33.3 Å². The normalized spacial score (nSPS) is 13.5. The van der Waals surface area contributed by atoms with Crippen molar-refractivity contribution in [3.63, 3.8) is 0 Å². The van der Waals surface area contributed by atoms with E-state index in [4.69, 9.17) is 0 Å². The number of fused-ring (bicyclic) bond motifs is 2. The molecule has 0 unspecified atom stereocenters. The third kappa shape index (κ3) is 2.33. The van der Waals surface area contributed by atoms with Crippen molar-refractivity contribution in [1.82, 2.24) is 9.38 Å². The second-order valence-electron chi connectivity index (χ2n) is 5.51. The Balaban J connectivity index is 1.71. The molecule has 0 aliphatic heterocycles. The van der Waals surface area contributed by atoms with E-state index in [2.05, 4.69) is 16.4 Å². The molecule has 1 N–H and O–H groups in total. The summed E-state index contributed by atoms with van der Waals surface area (Å²) in [5.41, 5.74) is 1.15. The first kappa shape index (κ1) is 15.1. The molecular weight excluding hydrogens is 344 g/mol. The van der Waals surface area contributed by atoms with Gasteiger partial charge in [0.25, 0.3) is 11.5 Å². The maximum absolute atomic E-state index is 12.5. The van der Waals surface area contributed by atoms with Crippen molar-refractivity contribution >= 4 is 38.5 Å². The highest BCUT2D eigenvalue weighted by atomic mass is 32.1. The monoisotopic (exact) mass is 356 g/mol. The Morgan fingerprint density at radius 1 is 1.38 bits per heavy atom. The number of carbonyl (C=O) groups excluding carboxylic acids is 1. The summed E-state index contributed by atoms with van der Waals surface area (Å²) in [6.45, 7) is 0. The Morgan fingerprint density at radius 3 is 3.04 bits per heavy atom. The molecular formula is C16H12N4O2S2. The maximum atomic E-state index is 12.5. The van der Waals surface area contributed by atoms with E-state index >= 15 is 0 Å². The maximum Gasteiger partial charge on any atom is 0.271 e. The van der Waals surface area contributed by atoms with Gasteiger partial charge in [0.1, 0.15) is 16.6 Å². The van der Waals surface area contributed by atoms with Gasteiger partial charge in [-0.15, -0.1) is 22.7 Å². The lowest BCUT2D eigenvalue weighted by molar-refractivity contribution is 0.102. The van der Waals surface area contributed by atoms with E-state index < -0.39 is 11.5 Å². The van der Waals surface area contributed by atoms with Crippen LogP contribution in [-0.4, -0.2) is 15.3 Å². The average Bonchev–Trinajstić information content (AvgIpc) is 3.19. The van der Waals surface area contributed by atoms with Gasteiger partial charge in [0.15, 0.2) is 4.96 Å². The van der Waals surface area contributed by atoms with Crippen LogP contribution in [-0.2, 0) is 12.8 Å². The minimum atomic E-state index is -0.525. The molecule has 0 saturated carbocycles. The quantitative estimate of drug-likeness (QED) is 0.765. The molecule has 3 heterocycles. The van der Waals surface area contributed by atoms with Crippen LogP contribution in [0.5, 0.6) is 0 Å². The number of nitrogens with one attached hydrogen (secondary N) is 1. The van der Waals surface area contributed by atoms with Crippen molar-refractivity contribution in [2.45, 2.75) is 25.7 Å². The molecule has 0 spiro atoms. The lowest BCUT2D eigenvalue weighted by atomic mass is 9.96. The van der Waals surface area contributed by atoms with Crippen LogP contribution in [0.15, 0.2) is 22.6 Å². The van der Waals surface area contributed by atoms with E-state index in [0.29, 0.717) is 15.5 Å². The molecule has 24 heavy (non-hydrogen) atoms. The molecule has 3 aromatic heterocycles. The Morgan fingerprint density at radius 2 is 2.21 bits per heavy atom. The first-order valence-electron chi connectivity index (χ1n) is 7.50. The summed E-state index contributed by atoms with van der Waals surface area (Å²) < 4.78 is 1.35. The van der Waals surface area contributed by atoms with Gasteiger partial charge in [0, 0.05) is 22.7 Å². The van der Waals surface area contributed by atoms with Crippen LogP contribution in [0.4, 0.5) is 5.00 Å². The topological polar surface area (TPSA) is 87.3 Å². The zero-order valence-corrected chi connectivity index (χ0v) is 14.2. The molecule has 0 atom stereocenters. The van der Waals surface area contributed by atoms with Crippen molar-refractivity contribution in [3.8, 4) is 6.07 Å². The SMILES string of the molecule is N#Cc1c(NC(=O)c2cnc3sccn3c2=O)sc2c1CCCC2. The highest BCUT2D eigenvalue weighted by Crippen LogP contribution is 2.37. The third-order valence-corrected chi connectivity index (χ3v) is 6.08. The third-order valence-electron chi connectivity index (χ3n) is 4.10. The summed E-state index contributed by atoms with van der Waals surface area (Å²) in [7, 11) is 0. The molecule has 4 rings (SSSR count). The van der Waals surface area contributed by atoms with Crippen molar-refractivity contribution in [1.29, 1.82) is 5.26 Å². The molecule has 1 amide bonds. The average molecular weight is 356 g/mol. The van der Waals surface area contributed by atoms with Crippen LogP contribution >= 0.6 is 22.7 Å². The summed E-state index contributed by atoms with van der Waals surface area (Å²) in [5, 5.41) is 14.5. The summed E-state index contributed by atoms with van der Waals surface area (Å²) in [6.07, 6.45) is 6.86. The molecule has 8 heteroatoms. The van der Waals surface area contributed by atoms with Crippen LogP contribution in [0.25, 0.3) is 4.96 Å². The van der Waals surface area contributed by atoms with Crippen LogP contribution in [0.3, 0.4) is 0 Å². The summed E-state index contributed by atoms with van der Waals surface area (Å²) >= 11 is 2.77. The number of nitrogens with zero attached hydrogens (tertiary/aromatic N) is 3. The fraction of sp³-hybridized carbons (Fsp3) is 0.250. The fourth-order valence-electron chi connectivity index (χ4n) is 2.92. The number of nitriles is 1. The van der Waals surface area contributed by atoms with Crippen LogP contribution < -0.4 is 10.9 Å². The van der Waals surface area contributed by atoms with E-state index in [1.54, 1.807) is 11.6 Å². The number of hydrogen-bond donors (Lipinski definition) is 1. The highest BCUT2D eigenvalue weighted by molar-refractivity contribution is 7.16. The van der Waals surface area contributed by atoms with E-state index in [-0.39, 0.29) is 5.56 Å². The number of thiazole rings is 1. The standard InChI is InChI=1S/C16H12N4O2S2/c17-7-10-9-3-1-2-4-12(9)24-14(10)19-13(21)11-8-18-16-20(15(11)22)5-6-23-16/h5-6,8H,1-4H2,(H,19,21). The Kier molecular flexibility index (Phi) is 3.67. The van der Waals surface area contributed by atoms with Gasteiger partial charge in [-0.2, -0.15) is 5.26 Å². The van der Waals surface area contributed by atoms with Crippen molar-refractivity contribution < 1.29 is 4.79 Å². The minimum Gasteiger partial charge on any atom is -0.312 e. The number of aryl methyl sites for hydroxylation is 1. The number of hydrogen-bond acceptors (Lipinski definition) is 6. The van der Waals surface area contributed by atoms with Gasteiger partial charge in [0.05, 0.1) is 5.56 Å². The van der Waals surface area contributed by atoms with Crippen molar-refractivity contribution in [2.24, 2.45) is 0 Å². The minimum absolute atomic E-state index is 0.0267. The number of aromatic nitrogens is 2. The van der Waals surface area contributed by atoms with E-state index in [1.807, 2.05) is 0 Å². The zero-order chi connectivity index (χ0) is 16.7. The van der Waals surface area contributed by atoms with Gasteiger partial charge < -0.3 is 5.32 Å². The molecule has 0 aromatic carbocycles. The fourth-order valence-corrected chi connectivity index (χ4v) is 4.83. The van der Waals surface area contributed by atoms with Crippen molar-refractivity contribution in [3.05, 3.63) is 49.7 Å². The van der Waals surface area contributed by atoms with E-state index in [0.717, 1.165) is 36.1 Å². The summed E-state index contributed by atoms with van der Waals surface area (Å²) in [5.74, 6) is -0.525. The largest absolute Gasteiger partial charge is 0.312 e. The highest BCUT2D eigenvalue weighted by Gasteiger charge is 2.23. The van der Waals surface area contributed by atoms with Gasteiger partial charge in [-0.3, -0.25) is 14.0 Å². The number of amides is 1. The Labute approximate surface area is 145 Å². The number of carbonyl (C=O) groups is 1. The van der Waals surface area contributed by atoms with Gasteiger partial charge in [0.2, 0.25) is 0 Å². The molecule has 0 saturated heterocycles. The van der Waals surface area contributed by atoms with Crippen molar-refractivity contribution in [2.75, 3.05) is 5.32 Å². The number of thiophene rings is 1. The predicted molar refractivity (Wildman–Crippen MR) is 93.0 cm³/mol.